The normalized spacial score (nSPS) is 21.1. The number of sulfonamides is 1. The number of hydrogen-bond acceptors (Lipinski definition) is 3. The van der Waals surface area contributed by atoms with Crippen LogP contribution in [0.25, 0.3) is 0 Å². The summed E-state index contributed by atoms with van der Waals surface area (Å²) in [5.74, 6) is -1.53. The van der Waals surface area contributed by atoms with Gasteiger partial charge in [-0.25, -0.2) is 21.9 Å². The van der Waals surface area contributed by atoms with Gasteiger partial charge in [0.1, 0.15) is 11.6 Å². The Bertz CT molecular complexity index is 734. The summed E-state index contributed by atoms with van der Waals surface area (Å²) in [5.41, 5.74) is -0.770. The summed E-state index contributed by atoms with van der Waals surface area (Å²) in [5, 5.41) is 9.02. The van der Waals surface area contributed by atoms with Crippen LogP contribution < -0.4 is 4.72 Å². The van der Waals surface area contributed by atoms with E-state index in [2.05, 4.69) is 4.72 Å². The minimum Gasteiger partial charge on any atom is -0.212 e. The average molecular weight is 326 g/mol. The summed E-state index contributed by atoms with van der Waals surface area (Å²) in [6.45, 7) is 0. The Hall–Kier alpha value is -1.52. The zero-order valence-corrected chi connectivity index (χ0v) is 12.7. The van der Waals surface area contributed by atoms with Gasteiger partial charge in [-0.2, -0.15) is 5.26 Å². The smallest absolute Gasteiger partial charge is 0.212 e. The van der Waals surface area contributed by atoms with E-state index in [1.54, 1.807) is 0 Å². The lowest BCUT2D eigenvalue weighted by Crippen LogP contribution is -2.35. The van der Waals surface area contributed by atoms with Crippen LogP contribution in [0.1, 0.15) is 37.3 Å². The van der Waals surface area contributed by atoms with Gasteiger partial charge in [0, 0.05) is 5.56 Å². The molecular formula is C15H16F2N2O2S. The van der Waals surface area contributed by atoms with Gasteiger partial charge in [0.15, 0.2) is 0 Å². The SMILES string of the molecule is N#CC1(CS(=O)(=O)N[C@H](c2cc(F)ccc2F)C2CC2)CC1. The molecule has 0 saturated heterocycles. The molecule has 2 aliphatic rings. The Labute approximate surface area is 128 Å². The van der Waals surface area contributed by atoms with Crippen molar-refractivity contribution in [2.24, 2.45) is 11.3 Å². The summed E-state index contributed by atoms with van der Waals surface area (Å²) in [7, 11) is -3.73. The van der Waals surface area contributed by atoms with Crippen molar-refractivity contribution in [1.29, 1.82) is 5.26 Å². The van der Waals surface area contributed by atoms with E-state index >= 15 is 0 Å². The van der Waals surface area contributed by atoms with Gasteiger partial charge in [0.2, 0.25) is 10.0 Å². The molecular weight excluding hydrogens is 310 g/mol. The highest BCUT2D eigenvalue weighted by Crippen LogP contribution is 2.47. The summed E-state index contributed by atoms with van der Waals surface area (Å²) in [4.78, 5) is 0. The van der Waals surface area contributed by atoms with Gasteiger partial charge in [-0.15, -0.1) is 0 Å². The summed E-state index contributed by atoms with van der Waals surface area (Å²) >= 11 is 0. The molecule has 7 heteroatoms. The van der Waals surface area contributed by atoms with Gasteiger partial charge in [-0.1, -0.05) is 0 Å². The molecule has 2 saturated carbocycles. The molecule has 0 aromatic heterocycles. The van der Waals surface area contributed by atoms with Crippen LogP contribution >= 0.6 is 0 Å². The van der Waals surface area contributed by atoms with E-state index in [9.17, 15) is 17.2 Å². The van der Waals surface area contributed by atoms with E-state index in [1.165, 1.54) is 0 Å². The predicted octanol–water partition coefficient (Wildman–Crippen LogP) is 2.64. The Kier molecular flexibility index (Phi) is 3.69. The van der Waals surface area contributed by atoms with Crippen molar-refractivity contribution in [2.75, 3.05) is 5.75 Å². The van der Waals surface area contributed by atoms with Crippen LogP contribution in [0.15, 0.2) is 18.2 Å². The second-order valence-corrected chi connectivity index (χ2v) is 8.00. The molecule has 0 radical (unpaired) electrons. The van der Waals surface area contributed by atoms with E-state index in [0.717, 1.165) is 31.0 Å². The monoisotopic (exact) mass is 326 g/mol. The Morgan fingerprint density at radius 1 is 1.36 bits per heavy atom. The highest BCUT2D eigenvalue weighted by atomic mass is 32.2. The van der Waals surface area contributed by atoms with E-state index < -0.39 is 33.1 Å². The molecule has 1 atom stereocenters. The van der Waals surface area contributed by atoms with Crippen LogP contribution in [0.3, 0.4) is 0 Å². The minimum atomic E-state index is -3.73. The maximum Gasteiger partial charge on any atom is 0.213 e. The first-order valence-corrected chi connectivity index (χ1v) is 8.86. The number of benzene rings is 1. The average Bonchev–Trinajstić information content (AvgIpc) is 3.33. The quantitative estimate of drug-likeness (QED) is 0.873. The van der Waals surface area contributed by atoms with Gasteiger partial charge >= 0.3 is 0 Å². The van der Waals surface area contributed by atoms with Crippen LogP contribution in [0.2, 0.25) is 0 Å². The molecule has 0 aliphatic heterocycles. The number of nitrogens with zero attached hydrogens (tertiary/aromatic N) is 1. The lowest BCUT2D eigenvalue weighted by Gasteiger charge is -2.20. The van der Waals surface area contributed by atoms with Gasteiger partial charge in [-0.05, 0) is 49.8 Å². The highest BCUT2D eigenvalue weighted by molar-refractivity contribution is 7.89. The lowest BCUT2D eigenvalue weighted by atomic mass is 10.0. The van der Waals surface area contributed by atoms with Gasteiger partial charge in [-0.3, -0.25) is 0 Å². The maximum atomic E-state index is 13.9. The van der Waals surface area contributed by atoms with Crippen molar-refractivity contribution in [3.63, 3.8) is 0 Å². The summed E-state index contributed by atoms with van der Waals surface area (Å²) in [6, 6.07) is 4.32. The van der Waals surface area contributed by atoms with Crippen molar-refractivity contribution >= 4 is 10.0 Å². The molecule has 0 bridgehead atoms. The second-order valence-electron chi connectivity index (χ2n) is 6.25. The Morgan fingerprint density at radius 3 is 2.59 bits per heavy atom. The molecule has 0 amide bonds. The first-order chi connectivity index (χ1) is 10.3. The molecule has 2 fully saturated rings. The van der Waals surface area contributed by atoms with Gasteiger partial charge in [0.05, 0.1) is 23.3 Å². The molecule has 118 valence electrons. The Balaban J connectivity index is 1.83. The predicted molar refractivity (Wildman–Crippen MR) is 76.0 cm³/mol. The first kappa shape index (κ1) is 15.4. The second kappa shape index (κ2) is 5.28. The molecule has 1 N–H and O–H groups in total. The van der Waals surface area contributed by atoms with Gasteiger partial charge < -0.3 is 0 Å². The minimum absolute atomic E-state index is 0.0247. The van der Waals surface area contributed by atoms with E-state index in [4.69, 9.17) is 5.26 Å². The van der Waals surface area contributed by atoms with Crippen molar-refractivity contribution in [3.8, 4) is 6.07 Å². The van der Waals surface area contributed by atoms with Crippen LogP contribution in [-0.4, -0.2) is 14.2 Å². The molecule has 3 rings (SSSR count). The number of halogens is 2. The lowest BCUT2D eigenvalue weighted by molar-refractivity contribution is 0.494. The largest absolute Gasteiger partial charge is 0.213 e. The maximum absolute atomic E-state index is 13.9. The van der Waals surface area contributed by atoms with Crippen LogP contribution in [0.5, 0.6) is 0 Å². The summed E-state index contributed by atoms with van der Waals surface area (Å²) < 4.78 is 54.4. The molecule has 0 spiro atoms. The van der Waals surface area contributed by atoms with Crippen molar-refractivity contribution in [1.82, 2.24) is 4.72 Å². The zero-order chi connectivity index (χ0) is 16.0. The number of rotatable bonds is 6. The Morgan fingerprint density at radius 2 is 2.05 bits per heavy atom. The highest BCUT2D eigenvalue weighted by Gasteiger charge is 2.48. The number of hydrogen-bond donors (Lipinski definition) is 1. The van der Waals surface area contributed by atoms with E-state index in [0.29, 0.717) is 12.8 Å². The van der Waals surface area contributed by atoms with E-state index in [-0.39, 0.29) is 17.2 Å². The zero-order valence-electron chi connectivity index (χ0n) is 11.9. The molecule has 0 heterocycles. The molecule has 22 heavy (non-hydrogen) atoms. The fourth-order valence-electron chi connectivity index (χ4n) is 2.63. The van der Waals surface area contributed by atoms with E-state index in [1.807, 2.05) is 6.07 Å². The first-order valence-electron chi connectivity index (χ1n) is 7.20. The fraction of sp³-hybridized carbons (Fsp3) is 0.533. The van der Waals surface area contributed by atoms with Crippen LogP contribution in [0.4, 0.5) is 8.78 Å². The third-order valence-corrected chi connectivity index (χ3v) is 5.80. The molecule has 0 unspecified atom stereocenters. The van der Waals surface area contributed by atoms with Crippen LogP contribution in [-0.2, 0) is 10.0 Å². The van der Waals surface area contributed by atoms with Crippen molar-refractivity contribution in [3.05, 3.63) is 35.4 Å². The molecule has 2 aliphatic carbocycles. The topological polar surface area (TPSA) is 70.0 Å². The van der Waals surface area contributed by atoms with Crippen molar-refractivity contribution in [2.45, 2.75) is 31.7 Å². The molecule has 4 nitrogen and oxygen atoms in total. The molecule has 1 aromatic rings. The molecule has 1 aromatic carbocycles. The van der Waals surface area contributed by atoms with Gasteiger partial charge in [0.25, 0.3) is 0 Å². The third-order valence-electron chi connectivity index (χ3n) is 4.25. The van der Waals surface area contributed by atoms with Crippen LogP contribution in [0, 0.1) is 34.3 Å². The van der Waals surface area contributed by atoms with Crippen molar-refractivity contribution < 1.29 is 17.2 Å². The third kappa shape index (κ3) is 3.28. The summed E-state index contributed by atoms with van der Waals surface area (Å²) in [6.07, 6.45) is 2.67. The fourth-order valence-corrected chi connectivity index (χ4v) is 4.50. The standard InChI is InChI=1S/C15H16F2N2O2S/c16-11-3-4-13(17)12(7-11)14(10-1-2-10)19-22(20,21)9-15(8-18)5-6-15/h3-4,7,10,14,19H,1-2,5-6,9H2/t14-/m0/s1. The number of nitrogens with one attached hydrogen (secondary N) is 1. The number of nitriles is 1.